The predicted octanol–water partition coefficient (Wildman–Crippen LogP) is 4.60. The van der Waals surface area contributed by atoms with Crippen molar-refractivity contribution in [2.45, 2.75) is 56.6 Å². The van der Waals surface area contributed by atoms with Crippen LogP contribution in [0.3, 0.4) is 0 Å². The number of alkyl halides is 6. The summed E-state index contributed by atoms with van der Waals surface area (Å²) in [5, 5.41) is 20.2. The van der Waals surface area contributed by atoms with Crippen LogP contribution in [0.25, 0.3) is 0 Å². The zero-order valence-electron chi connectivity index (χ0n) is 17.6. The van der Waals surface area contributed by atoms with Crippen molar-refractivity contribution in [1.29, 1.82) is 0 Å². The van der Waals surface area contributed by atoms with E-state index in [0.29, 0.717) is 17.7 Å². The van der Waals surface area contributed by atoms with Crippen LogP contribution in [-0.4, -0.2) is 41.4 Å². The highest BCUT2D eigenvalue weighted by molar-refractivity contribution is 5.37. The van der Waals surface area contributed by atoms with Crippen LogP contribution < -0.4 is 0 Å². The van der Waals surface area contributed by atoms with Crippen molar-refractivity contribution in [1.82, 2.24) is 0 Å². The van der Waals surface area contributed by atoms with Gasteiger partial charge in [0.2, 0.25) is 0 Å². The van der Waals surface area contributed by atoms with Gasteiger partial charge in [0.1, 0.15) is 24.1 Å². The van der Waals surface area contributed by atoms with Crippen LogP contribution in [0, 0.1) is 5.82 Å². The minimum absolute atomic E-state index is 0.148. The molecule has 2 aromatic carbocycles. The largest absolute Gasteiger partial charge is 0.417 e. The standard InChI is InChI=1S/C22H21F7O5/c1-11(13-4-7-15(21(24,25)26)16(8-13)22(27,28)29)34-20-19(18(31)17(30)10-33-20)32-9-12-2-5-14(23)6-3-12/h2-8,11,17-20,30-31H,9-10H2,1H3/t11-,17+,18+,19-,20+/m1/s1. The average Bonchev–Trinajstić information content (AvgIpc) is 2.75. The molecule has 0 unspecified atom stereocenters. The molecule has 1 heterocycles. The van der Waals surface area contributed by atoms with E-state index in [0.717, 1.165) is 6.07 Å². The fraction of sp³-hybridized carbons (Fsp3) is 0.455. The molecule has 0 spiro atoms. The van der Waals surface area contributed by atoms with E-state index in [2.05, 4.69) is 0 Å². The number of aliphatic hydroxyl groups excluding tert-OH is 2. The first-order valence-corrected chi connectivity index (χ1v) is 10.0. The van der Waals surface area contributed by atoms with Crippen LogP contribution in [0.15, 0.2) is 42.5 Å². The van der Waals surface area contributed by atoms with Crippen LogP contribution in [0.2, 0.25) is 0 Å². The molecule has 0 aromatic heterocycles. The number of hydrogen-bond donors (Lipinski definition) is 2. The van der Waals surface area contributed by atoms with E-state index in [1.165, 1.54) is 31.2 Å². The molecule has 2 N–H and O–H groups in total. The minimum atomic E-state index is -5.26. The molecule has 1 saturated heterocycles. The highest BCUT2D eigenvalue weighted by atomic mass is 19.4. The Kier molecular flexibility index (Phi) is 7.88. The second-order valence-electron chi connectivity index (χ2n) is 7.74. The van der Waals surface area contributed by atoms with Crippen molar-refractivity contribution in [3.63, 3.8) is 0 Å². The first kappa shape index (κ1) is 26.4. The summed E-state index contributed by atoms with van der Waals surface area (Å²) < 4.78 is 108. The molecular formula is C22H21F7O5. The van der Waals surface area contributed by atoms with Gasteiger partial charge in [-0.15, -0.1) is 0 Å². The van der Waals surface area contributed by atoms with Gasteiger partial charge in [-0.05, 0) is 42.3 Å². The lowest BCUT2D eigenvalue weighted by atomic mass is 10.00. The van der Waals surface area contributed by atoms with Crippen molar-refractivity contribution in [3.05, 3.63) is 70.5 Å². The van der Waals surface area contributed by atoms with Crippen LogP contribution in [0.5, 0.6) is 0 Å². The third-order valence-electron chi connectivity index (χ3n) is 5.25. The summed E-state index contributed by atoms with van der Waals surface area (Å²) in [5.74, 6) is -0.481. The Bertz CT molecular complexity index is 962. The fourth-order valence-corrected chi connectivity index (χ4v) is 3.41. The Morgan fingerprint density at radius 3 is 2.18 bits per heavy atom. The third kappa shape index (κ3) is 6.25. The van der Waals surface area contributed by atoms with Crippen LogP contribution in [0.1, 0.15) is 35.3 Å². The topological polar surface area (TPSA) is 68.2 Å². The Labute approximate surface area is 189 Å². The number of benzene rings is 2. The molecular weight excluding hydrogens is 477 g/mol. The minimum Gasteiger partial charge on any atom is -0.388 e. The number of hydrogen-bond acceptors (Lipinski definition) is 5. The van der Waals surface area contributed by atoms with Crippen molar-refractivity contribution in [2.75, 3.05) is 6.61 Å². The second kappa shape index (κ2) is 10.2. The lowest BCUT2D eigenvalue weighted by molar-refractivity contribution is -0.294. The molecule has 1 aliphatic rings. The van der Waals surface area contributed by atoms with E-state index >= 15 is 0 Å². The summed E-state index contributed by atoms with van der Waals surface area (Å²) in [5.41, 5.74) is -3.40. The maximum absolute atomic E-state index is 13.3. The smallest absolute Gasteiger partial charge is 0.388 e. The lowest BCUT2D eigenvalue weighted by Gasteiger charge is -2.39. The average molecular weight is 498 g/mol. The Morgan fingerprint density at radius 2 is 1.59 bits per heavy atom. The molecule has 1 aliphatic heterocycles. The Morgan fingerprint density at radius 1 is 0.971 bits per heavy atom. The van der Waals surface area contributed by atoms with Gasteiger partial charge in [-0.1, -0.05) is 18.2 Å². The van der Waals surface area contributed by atoms with Crippen LogP contribution >= 0.6 is 0 Å². The molecule has 2 aromatic rings. The summed E-state index contributed by atoms with van der Waals surface area (Å²) in [6.45, 7) is 0.765. The molecule has 0 amide bonds. The van der Waals surface area contributed by atoms with Crippen molar-refractivity contribution < 1.29 is 55.2 Å². The van der Waals surface area contributed by atoms with Crippen LogP contribution in [-0.2, 0) is 33.2 Å². The molecule has 5 atom stereocenters. The van der Waals surface area contributed by atoms with E-state index in [9.17, 15) is 40.9 Å². The molecule has 0 aliphatic carbocycles. The van der Waals surface area contributed by atoms with Gasteiger partial charge in [0, 0.05) is 0 Å². The fourth-order valence-electron chi connectivity index (χ4n) is 3.41. The first-order valence-electron chi connectivity index (χ1n) is 10.0. The molecule has 5 nitrogen and oxygen atoms in total. The van der Waals surface area contributed by atoms with Gasteiger partial charge in [0.15, 0.2) is 6.29 Å². The SMILES string of the molecule is C[C@@H](O[C@@H]1OC[C@H](O)[C@H](O)[C@H]1OCc1ccc(F)cc1)c1ccc(C(F)(F)F)c(C(F)(F)F)c1. The molecule has 0 bridgehead atoms. The van der Waals surface area contributed by atoms with Crippen molar-refractivity contribution in [2.24, 2.45) is 0 Å². The van der Waals surface area contributed by atoms with Gasteiger partial charge in [0.25, 0.3) is 0 Å². The van der Waals surface area contributed by atoms with Gasteiger partial charge in [-0.25, -0.2) is 4.39 Å². The summed E-state index contributed by atoms with van der Waals surface area (Å²) in [4.78, 5) is 0. The maximum atomic E-state index is 13.3. The molecule has 188 valence electrons. The van der Waals surface area contributed by atoms with Crippen LogP contribution in [0.4, 0.5) is 30.7 Å². The number of aliphatic hydroxyl groups is 2. The number of rotatable bonds is 6. The summed E-state index contributed by atoms with van der Waals surface area (Å²) in [6.07, 6.45) is -17.2. The van der Waals surface area contributed by atoms with E-state index in [1.807, 2.05) is 0 Å². The lowest BCUT2D eigenvalue weighted by Crippen LogP contribution is -2.55. The molecule has 3 rings (SSSR count). The van der Waals surface area contributed by atoms with E-state index in [1.54, 1.807) is 0 Å². The highest BCUT2D eigenvalue weighted by Crippen LogP contribution is 2.41. The summed E-state index contributed by atoms with van der Waals surface area (Å²) in [7, 11) is 0. The third-order valence-corrected chi connectivity index (χ3v) is 5.25. The normalized spacial score (nSPS) is 24.8. The van der Waals surface area contributed by atoms with Gasteiger partial charge >= 0.3 is 12.4 Å². The quantitative estimate of drug-likeness (QED) is 0.570. The molecule has 12 heteroatoms. The zero-order chi connectivity index (χ0) is 25.3. The molecule has 1 fully saturated rings. The molecule has 0 radical (unpaired) electrons. The monoisotopic (exact) mass is 498 g/mol. The zero-order valence-corrected chi connectivity index (χ0v) is 17.6. The van der Waals surface area contributed by atoms with Crippen molar-refractivity contribution >= 4 is 0 Å². The Hall–Kier alpha value is -2.25. The number of halogens is 7. The molecule has 0 saturated carbocycles. The Balaban J connectivity index is 1.79. The van der Waals surface area contributed by atoms with Gasteiger partial charge < -0.3 is 24.4 Å². The first-order chi connectivity index (χ1) is 15.8. The summed E-state index contributed by atoms with van der Waals surface area (Å²) in [6, 6.07) is 6.71. The van der Waals surface area contributed by atoms with Crippen molar-refractivity contribution in [3.8, 4) is 0 Å². The van der Waals surface area contributed by atoms with E-state index in [4.69, 9.17) is 14.2 Å². The molecule has 34 heavy (non-hydrogen) atoms. The highest BCUT2D eigenvalue weighted by Gasteiger charge is 2.44. The van der Waals surface area contributed by atoms with Gasteiger partial charge in [-0.2, -0.15) is 26.3 Å². The summed E-state index contributed by atoms with van der Waals surface area (Å²) >= 11 is 0. The van der Waals surface area contributed by atoms with Gasteiger partial charge in [0.05, 0.1) is 30.4 Å². The van der Waals surface area contributed by atoms with E-state index in [-0.39, 0.29) is 18.8 Å². The van der Waals surface area contributed by atoms with Gasteiger partial charge in [-0.3, -0.25) is 0 Å². The number of ether oxygens (including phenoxy) is 3. The predicted molar refractivity (Wildman–Crippen MR) is 103 cm³/mol. The van der Waals surface area contributed by atoms with E-state index < -0.39 is 60.0 Å². The second-order valence-corrected chi connectivity index (χ2v) is 7.74. The maximum Gasteiger partial charge on any atom is 0.417 e.